The van der Waals surface area contributed by atoms with Gasteiger partial charge in [0.05, 0.1) is 0 Å². The number of ketones is 2. The maximum atomic E-state index is 9.48. The van der Waals surface area contributed by atoms with Crippen LogP contribution in [0.25, 0.3) is 0 Å². The Labute approximate surface area is 97.4 Å². The third-order valence-electron chi connectivity index (χ3n) is 0.575. The molecule has 0 bridgehead atoms. The van der Waals surface area contributed by atoms with E-state index in [4.69, 9.17) is 0 Å². The second-order valence-corrected chi connectivity index (χ2v) is 1.69. The molecule has 0 aliphatic carbocycles. The smallest absolute Gasteiger partial charge is 0.542 e. The molecule has 7 heteroatoms. The Morgan fingerprint density at radius 1 is 0.800 bits per heavy atom. The van der Waals surface area contributed by atoms with Gasteiger partial charge in [0.25, 0.3) is 0 Å². The monoisotopic (exact) mass is 265 g/mol. The van der Waals surface area contributed by atoms with Gasteiger partial charge in [0, 0.05) is 13.8 Å². The van der Waals surface area contributed by atoms with Crippen LogP contribution >= 0.6 is 0 Å². The molecule has 0 heterocycles. The van der Waals surface area contributed by atoms with E-state index >= 15 is 0 Å². The number of carboxylic acids is 2. The summed E-state index contributed by atoms with van der Waals surface area (Å²) in [5.74, 6) is -5.13. The summed E-state index contributed by atoms with van der Waals surface area (Å²) in [6, 6.07) is 0. The standard InChI is InChI=1S/2C3H4O3.C2H4.Cu/c2*1-2(4)3(5)6;1-2;/h2*1H3,(H,5,6);1-2H2;/q;;;+2/p-2. The van der Waals surface area contributed by atoms with E-state index in [1.807, 2.05) is 0 Å². The molecule has 0 aromatic carbocycles. The number of aliphatic carboxylic acids is 2. The van der Waals surface area contributed by atoms with Gasteiger partial charge in [0.15, 0.2) is 11.6 Å². The first-order valence-electron chi connectivity index (χ1n) is 3.22. The van der Waals surface area contributed by atoms with Crippen LogP contribution in [0.1, 0.15) is 13.8 Å². The molecule has 0 N–H and O–H groups in total. The molecule has 6 nitrogen and oxygen atoms in total. The first kappa shape index (κ1) is 23.4. The van der Waals surface area contributed by atoms with Gasteiger partial charge >= 0.3 is 17.1 Å². The van der Waals surface area contributed by atoms with Crippen molar-refractivity contribution >= 4 is 23.5 Å². The van der Waals surface area contributed by atoms with Crippen LogP contribution in [0.3, 0.4) is 0 Å². The van der Waals surface area contributed by atoms with Crippen molar-refractivity contribution in [1.82, 2.24) is 0 Å². The summed E-state index contributed by atoms with van der Waals surface area (Å²) < 4.78 is 0. The Kier molecular flexibility index (Phi) is 23.4. The van der Waals surface area contributed by atoms with Crippen LogP contribution in [0.15, 0.2) is 13.2 Å². The zero-order valence-corrected chi connectivity index (χ0v) is 9.11. The Morgan fingerprint density at radius 2 is 0.867 bits per heavy atom. The Hall–Kier alpha value is -1.46. The van der Waals surface area contributed by atoms with Gasteiger partial charge in [-0.25, -0.2) is 0 Å². The van der Waals surface area contributed by atoms with E-state index in [1.165, 1.54) is 0 Å². The topological polar surface area (TPSA) is 114 Å². The predicted molar refractivity (Wildman–Crippen MR) is 42.6 cm³/mol. The quantitative estimate of drug-likeness (QED) is 0.308. The van der Waals surface area contributed by atoms with Crippen molar-refractivity contribution in [2.45, 2.75) is 13.8 Å². The van der Waals surface area contributed by atoms with Gasteiger partial charge in [-0.2, -0.15) is 0 Å². The largest absolute Gasteiger partial charge is 2.00 e. The SMILES string of the molecule is C=C.CC(=O)C(=O)[O-].CC(=O)C(=O)[O-].[Cu+2]. The van der Waals surface area contributed by atoms with E-state index in [1.54, 1.807) is 0 Å². The van der Waals surface area contributed by atoms with E-state index in [2.05, 4.69) is 13.2 Å². The number of hydrogen-bond donors (Lipinski definition) is 0. The van der Waals surface area contributed by atoms with Gasteiger partial charge in [-0.1, -0.05) is 0 Å². The fraction of sp³-hybridized carbons (Fsp3) is 0.250. The van der Waals surface area contributed by atoms with E-state index in [0.717, 1.165) is 13.8 Å². The molecule has 0 fully saturated rings. The molecule has 0 saturated carbocycles. The van der Waals surface area contributed by atoms with Crippen molar-refractivity contribution in [3.8, 4) is 0 Å². The summed E-state index contributed by atoms with van der Waals surface area (Å²) in [6.07, 6.45) is 0. The Morgan fingerprint density at radius 3 is 0.867 bits per heavy atom. The van der Waals surface area contributed by atoms with Gasteiger partial charge in [-0.3, -0.25) is 9.59 Å². The van der Waals surface area contributed by atoms with Crippen molar-refractivity contribution in [3.05, 3.63) is 13.2 Å². The van der Waals surface area contributed by atoms with Crippen molar-refractivity contribution in [2.24, 2.45) is 0 Å². The van der Waals surface area contributed by atoms with E-state index in [9.17, 15) is 29.4 Å². The molecule has 89 valence electrons. The molecule has 0 aliphatic rings. The van der Waals surface area contributed by atoms with E-state index < -0.39 is 23.5 Å². The molecule has 0 unspecified atom stereocenters. The van der Waals surface area contributed by atoms with Gasteiger partial charge in [-0.05, 0) is 0 Å². The number of carbonyl (C=O) groups is 4. The molecule has 0 atom stereocenters. The maximum Gasteiger partial charge on any atom is 2.00 e. The summed E-state index contributed by atoms with van der Waals surface area (Å²) in [4.78, 5) is 37.4. The predicted octanol–water partition coefficient (Wildman–Crippen LogP) is -2.55. The third-order valence-corrected chi connectivity index (χ3v) is 0.575. The molecule has 0 saturated heterocycles. The number of rotatable bonds is 2. The fourth-order valence-electron chi connectivity index (χ4n) is 0. The maximum absolute atomic E-state index is 9.48. The minimum atomic E-state index is -1.63. The molecular weight excluding hydrogens is 256 g/mol. The van der Waals surface area contributed by atoms with Crippen LogP contribution in [0.2, 0.25) is 0 Å². The normalized spacial score (nSPS) is 6.27. The first-order valence-corrected chi connectivity index (χ1v) is 3.22. The Balaban J connectivity index is -0.0000000653. The molecule has 0 rings (SSSR count). The van der Waals surface area contributed by atoms with Crippen LogP contribution in [0.4, 0.5) is 0 Å². The molecule has 0 aromatic heterocycles. The summed E-state index contributed by atoms with van der Waals surface area (Å²) in [7, 11) is 0. The summed E-state index contributed by atoms with van der Waals surface area (Å²) in [6.45, 7) is 7.88. The van der Waals surface area contributed by atoms with Crippen LogP contribution in [-0.2, 0) is 36.2 Å². The van der Waals surface area contributed by atoms with Crippen molar-refractivity contribution in [2.75, 3.05) is 0 Å². The van der Waals surface area contributed by atoms with E-state index in [0.29, 0.717) is 0 Å². The summed E-state index contributed by atoms with van der Waals surface area (Å²) in [5.41, 5.74) is 0. The molecule has 0 spiro atoms. The molecule has 15 heavy (non-hydrogen) atoms. The molecule has 0 aromatic rings. The molecule has 1 radical (unpaired) electrons. The van der Waals surface area contributed by atoms with E-state index in [-0.39, 0.29) is 17.1 Å². The van der Waals surface area contributed by atoms with Crippen LogP contribution in [0, 0.1) is 0 Å². The van der Waals surface area contributed by atoms with Gasteiger partial charge in [0.2, 0.25) is 0 Å². The number of hydrogen-bond acceptors (Lipinski definition) is 6. The number of carboxylic acid groups (broad SMARTS) is 2. The van der Waals surface area contributed by atoms with Gasteiger partial charge in [-0.15, -0.1) is 13.2 Å². The zero-order chi connectivity index (χ0) is 12.3. The number of Topliss-reactive ketones (excluding diaryl/α,β-unsaturated/α-hetero) is 2. The molecule has 0 aliphatic heterocycles. The average molecular weight is 266 g/mol. The van der Waals surface area contributed by atoms with Crippen LogP contribution < -0.4 is 10.2 Å². The first-order chi connectivity index (χ1) is 6.29. The second-order valence-electron chi connectivity index (χ2n) is 1.69. The average Bonchev–Trinajstić information content (AvgIpc) is 2.08. The fourth-order valence-corrected chi connectivity index (χ4v) is 0. The van der Waals surface area contributed by atoms with Crippen molar-refractivity contribution in [1.29, 1.82) is 0 Å². The number of carbonyl (C=O) groups excluding carboxylic acids is 4. The second kappa shape index (κ2) is 15.0. The van der Waals surface area contributed by atoms with Crippen LogP contribution in [-0.4, -0.2) is 23.5 Å². The van der Waals surface area contributed by atoms with Crippen molar-refractivity contribution < 1.29 is 46.5 Å². The van der Waals surface area contributed by atoms with Gasteiger partial charge in [0.1, 0.15) is 11.9 Å². The Bertz CT molecular complexity index is 187. The third kappa shape index (κ3) is 32.6. The van der Waals surface area contributed by atoms with Crippen molar-refractivity contribution in [3.63, 3.8) is 0 Å². The summed E-state index contributed by atoms with van der Waals surface area (Å²) >= 11 is 0. The minimum Gasteiger partial charge on any atom is -0.542 e. The minimum absolute atomic E-state index is 0. The van der Waals surface area contributed by atoms with Crippen LogP contribution in [0.5, 0.6) is 0 Å². The van der Waals surface area contributed by atoms with Gasteiger partial charge < -0.3 is 19.8 Å². The summed E-state index contributed by atoms with van der Waals surface area (Å²) in [5, 5.41) is 18.5. The zero-order valence-electron chi connectivity index (χ0n) is 8.17. The molecule has 0 amide bonds. The molecular formula is C8H10CuO6.